The molecule has 0 spiro atoms. The summed E-state index contributed by atoms with van der Waals surface area (Å²) in [6.45, 7) is 12.4. The maximum absolute atomic E-state index is 14.0. The van der Waals surface area contributed by atoms with Crippen molar-refractivity contribution in [2.24, 2.45) is 5.92 Å². The second kappa shape index (κ2) is 18.3. The Kier molecular flexibility index (Phi) is 12.9. The highest BCUT2D eigenvalue weighted by Crippen LogP contribution is 2.35. The predicted molar refractivity (Wildman–Crippen MR) is 231 cm³/mol. The van der Waals surface area contributed by atoms with Gasteiger partial charge >= 0.3 is 12.2 Å². The number of benzene rings is 2. The van der Waals surface area contributed by atoms with Crippen LogP contribution in [0.2, 0.25) is 0 Å². The Morgan fingerprint density at radius 3 is 1.76 bits per heavy atom. The van der Waals surface area contributed by atoms with E-state index in [-0.39, 0.29) is 29.8 Å². The summed E-state index contributed by atoms with van der Waals surface area (Å²) in [6.07, 6.45) is 6.45. The van der Waals surface area contributed by atoms with Gasteiger partial charge in [-0.05, 0) is 77.0 Å². The van der Waals surface area contributed by atoms with Crippen LogP contribution in [-0.4, -0.2) is 115 Å². The maximum Gasteiger partial charge on any atom is 0.407 e. The van der Waals surface area contributed by atoms with Gasteiger partial charge in [0.25, 0.3) is 0 Å². The van der Waals surface area contributed by atoms with Crippen molar-refractivity contribution in [1.29, 1.82) is 0 Å². The Labute approximate surface area is 360 Å². The lowest BCUT2D eigenvalue weighted by Gasteiger charge is -2.34. The lowest BCUT2D eigenvalue weighted by Crippen LogP contribution is -2.55. The summed E-state index contributed by atoms with van der Waals surface area (Å²) in [4.78, 5) is 81.3. The third-order valence-electron chi connectivity index (χ3n) is 11.4. The number of nitrogens with one attached hydrogen (secondary N) is 4. The van der Waals surface area contributed by atoms with E-state index in [0.717, 1.165) is 58.6 Å². The van der Waals surface area contributed by atoms with Gasteiger partial charge in [-0.3, -0.25) is 14.6 Å². The Hall–Kier alpha value is -6.36. The van der Waals surface area contributed by atoms with E-state index in [1.807, 2.05) is 77.1 Å². The molecule has 0 radical (unpaired) electrons. The fourth-order valence-electron chi connectivity index (χ4n) is 8.32. The number of fused-ring (bicyclic) bond motifs is 1. The largest absolute Gasteiger partial charge is 0.453 e. The van der Waals surface area contributed by atoms with Crippen LogP contribution in [-0.2, 0) is 23.8 Å². The maximum atomic E-state index is 14.0. The number of hydrogen-bond donors (Lipinski definition) is 4. The van der Waals surface area contributed by atoms with E-state index in [2.05, 4.69) is 25.6 Å². The normalized spacial score (nSPS) is 18.1. The lowest BCUT2D eigenvalue weighted by molar-refractivity contribution is -0.142. The average molecular weight is 849 g/mol. The summed E-state index contributed by atoms with van der Waals surface area (Å²) >= 11 is 0. The number of nitrogens with zero attached hydrogens (tertiary/aromatic N) is 6. The van der Waals surface area contributed by atoms with Crippen LogP contribution in [0.3, 0.4) is 0 Å². The number of hydrogen-bond acceptors (Lipinski definition) is 11. The minimum atomic E-state index is -0.945. The van der Waals surface area contributed by atoms with Crippen LogP contribution < -0.4 is 10.6 Å². The molecule has 17 heteroatoms. The van der Waals surface area contributed by atoms with Gasteiger partial charge in [0.05, 0.1) is 84.7 Å². The number of carbonyl (C=O) groups excluding carboxylic acids is 4. The molecule has 2 aromatic carbocycles. The smallest absolute Gasteiger partial charge is 0.407 e. The highest BCUT2D eigenvalue weighted by molar-refractivity contribution is 5.88. The summed E-state index contributed by atoms with van der Waals surface area (Å²) in [6, 6.07) is 11.7. The number of rotatable bonds is 12. The van der Waals surface area contributed by atoms with Crippen LogP contribution in [0.15, 0.2) is 61.1 Å². The molecule has 4 N–H and O–H groups in total. The monoisotopic (exact) mass is 848 g/mol. The van der Waals surface area contributed by atoms with Crippen LogP contribution in [0.5, 0.6) is 0 Å². The van der Waals surface area contributed by atoms with E-state index in [4.69, 9.17) is 29.2 Å². The van der Waals surface area contributed by atoms with Gasteiger partial charge in [-0.2, -0.15) is 0 Å². The first-order chi connectivity index (χ1) is 29.6. The highest BCUT2D eigenvalue weighted by Gasteiger charge is 2.40. The SMILES string of the molecule is COC(=O)N[C@H](C(=O)N1CCC[C@H]1c1ncc(-c2ccc(-c3cnc4cc(-c5cnc([C@@H]6CCCN6C(=O)[C@H](NC(=O)OC)[C@@H](C)OC(C)(C)C)[nH]5)ccc4n3)cc2)[nH]1)C(C)C. The Morgan fingerprint density at radius 1 is 0.694 bits per heavy atom. The Balaban J connectivity index is 1.02. The van der Waals surface area contributed by atoms with Crippen LogP contribution in [0.1, 0.15) is 91.0 Å². The van der Waals surface area contributed by atoms with E-state index in [0.29, 0.717) is 36.7 Å². The third-order valence-corrected chi connectivity index (χ3v) is 11.4. The number of amides is 4. The van der Waals surface area contributed by atoms with Crippen LogP contribution >= 0.6 is 0 Å². The van der Waals surface area contributed by atoms with E-state index < -0.39 is 36.0 Å². The van der Waals surface area contributed by atoms with Crippen molar-refractivity contribution >= 4 is 35.0 Å². The number of imidazole rings is 2. The molecule has 2 aliphatic heterocycles. The van der Waals surface area contributed by atoms with Crippen molar-refractivity contribution < 1.29 is 33.4 Å². The molecule has 0 saturated carbocycles. The number of H-pyrrole nitrogens is 2. The van der Waals surface area contributed by atoms with Crippen molar-refractivity contribution in [3.63, 3.8) is 0 Å². The fraction of sp³-hybridized carbons (Fsp3) is 0.467. The molecule has 62 heavy (non-hydrogen) atoms. The summed E-state index contributed by atoms with van der Waals surface area (Å²) in [5, 5.41) is 5.38. The van der Waals surface area contributed by atoms with Crippen molar-refractivity contribution in [3.05, 3.63) is 72.7 Å². The van der Waals surface area contributed by atoms with Crippen LogP contribution in [0, 0.1) is 5.92 Å². The van der Waals surface area contributed by atoms with Crippen molar-refractivity contribution in [2.45, 2.75) is 103 Å². The minimum Gasteiger partial charge on any atom is -0.453 e. The second-order valence-electron chi connectivity index (χ2n) is 17.2. The molecule has 3 aromatic heterocycles. The zero-order valence-electron chi connectivity index (χ0n) is 36.5. The molecule has 17 nitrogen and oxygen atoms in total. The number of alkyl carbamates (subject to hydrolysis) is 2. The number of aromatic amines is 2. The second-order valence-corrected chi connectivity index (χ2v) is 17.2. The van der Waals surface area contributed by atoms with Gasteiger partial charge in [-0.25, -0.2) is 24.5 Å². The molecule has 0 aliphatic carbocycles. The molecule has 328 valence electrons. The fourth-order valence-corrected chi connectivity index (χ4v) is 8.32. The Bertz CT molecular complexity index is 2410. The van der Waals surface area contributed by atoms with E-state index in [9.17, 15) is 19.2 Å². The molecule has 7 rings (SSSR count). The molecule has 2 fully saturated rings. The minimum absolute atomic E-state index is 0.118. The first-order valence-corrected chi connectivity index (χ1v) is 21.1. The number of likely N-dealkylation sites (tertiary alicyclic amines) is 2. The summed E-state index contributed by atoms with van der Waals surface area (Å²) in [5.74, 6) is 0.825. The zero-order valence-corrected chi connectivity index (χ0v) is 36.5. The first-order valence-electron chi connectivity index (χ1n) is 21.1. The van der Waals surface area contributed by atoms with Gasteiger partial charge in [-0.15, -0.1) is 0 Å². The average Bonchev–Trinajstić information content (AvgIpc) is 4.10. The van der Waals surface area contributed by atoms with Gasteiger partial charge < -0.3 is 44.6 Å². The van der Waals surface area contributed by atoms with Crippen LogP contribution in [0.25, 0.3) is 44.8 Å². The lowest BCUT2D eigenvalue weighted by atomic mass is 10.0. The van der Waals surface area contributed by atoms with Gasteiger partial charge in [0.15, 0.2) is 0 Å². The van der Waals surface area contributed by atoms with E-state index >= 15 is 0 Å². The molecular weight excluding hydrogens is 793 g/mol. The molecule has 2 saturated heterocycles. The molecular formula is C45H56N10O7. The molecule has 5 heterocycles. The predicted octanol–water partition coefficient (Wildman–Crippen LogP) is 6.71. The molecule has 5 atom stereocenters. The quantitative estimate of drug-likeness (QED) is 0.104. The van der Waals surface area contributed by atoms with Gasteiger partial charge in [0.2, 0.25) is 11.8 Å². The molecule has 2 aliphatic rings. The standard InChI is InChI=1S/C45H56N10O7/c1-25(2)37(52-43(58)60-7)41(56)54-19-9-11-35(54)39-47-23-33(50-39)28-15-13-27(14-16-28)32-22-46-31-21-29(17-18-30(31)49-32)34-24-48-40(51-34)36-12-10-20-55(36)42(57)38(53-44(59)61-8)26(3)62-45(4,5)6/h13-18,21-26,35-38H,9-12,19-20H2,1-8H3,(H,47,50)(H,48,51)(H,52,58)(H,53,59)/t26-,35+,36+,37+,38-/m1/s1. The molecule has 0 unspecified atom stereocenters. The first kappa shape index (κ1) is 43.7. The molecule has 4 amide bonds. The summed E-state index contributed by atoms with van der Waals surface area (Å²) in [5.41, 5.74) is 5.94. The van der Waals surface area contributed by atoms with Gasteiger partial charge in [0, 0.05) is 24.2 Å². The van der Waals surface area contributed by atoms with E-state index in [1.165, 1.54) is 14.2 Å². The van der Waals surface area contributed by atoms with Gasteiger partial charge in [-0.1, -0.05) is 44.2 Å². The topological polar surface area (TPSA) is 210 Å². The van der Waals surface area contributed by atoms with Crippen molar-refractivity contribution in [1.82, 2.24) is 50.3 Å². The summed E-state index contributed by atoms with van der Waals surface area (Å²) < 4.78 is 15.7. The third kappa shape index (κ3) is 9.57. The number of ether oxygens (including phenoxy) is 3. The number of carbonyl (C=O) groups is 4. The van der Waals surface area contributed by atoms with Gasteiger partial charge in [0.1, 0.15) is 23.7 Å². The Morgan fingerprint density at radius 2 is 1.21 bits per heavy atom. The van der Waals surface area contributed by atoms with Crippen LogP contribution in [0.4, 0.5) is 9.59 Å². The van der Waals surface area contributed by atoms with Crippen molar-refractivity contribution in [3.8, 4) is 33.8 Å². The zero-order chi connectivity index (χ0) is 44.3. The number of methoxy groups -OCH3 is 2. The van der Waals surface area contributed by atoms with Crippen molar-refractivity contribution in [2.75, 3.05) is 27.3 Å². The molecule has 0 bridgehead atoms. The highest BCUT2D eigenvalue weighted by atomic mass is 16.5. The summed E-state index contributed by atoms with van der Waals surface area (Å²) in [7, 11) is 2.55. The number of aromatic nitrogens is 6. The molecule has 5 aromatic rings. The van der Waals surface area contributed by atoms with E-state index in [1.54, 1.807) is 35.3 Å².